The standard InChI is InChI=1S/C16H13Cl2N3O4S/c17-10-1-2-15-19-16(22)11-7-14(12(18)8-13(11)21(15)9-10)26(23,24)20-3-5-25-6-4-20/h1-2,7-9H,3-6H2. The van der Waals surface area contributed by atoms with Gasteiger partial charge >= 0.3 is 0 Å². The number of ether oxygens (including phenoxy) is 1. The van der Waals surface area contributed by atoms with Crippen molar-refractivity contribution in [2.75, 3.05) is 26.3 Å². The molecule has 4 rings (SSSR count). The van der Waals surface area contributed by atoms with Crippen molar-refractivity contribution in [2.45, 2.75) is 4.90 Å². The van der Waals surface area contributed by atoms with E-state index in [2.05, 4.69) is 4.98 Å². The van der Waals surface area contributed by atoms with E-state index in [-0.39, 0.29) is 28.4 Å². The number of benzene rings is 1. The van der Waals surface area contributed by atoms with Crippen LogP contribution in [0.1, 0.15) is 0 Å². The van der Waals surface area contributed by atoms with Crippen LogP contribution in [-0.4, -0.2) is 48.4 Å². The van der Waals surface area contributed by atoms with Crippen LogP contribution in [-0.2, 0) is 14.8 Å². The second-order valence-corrected chi connectivity index (χ2v) is 8.56. The third-order valence-electron chi connectivity index (χ3n) is 4.24. The number of hydrogen-bond acceptors (Lipinski definition) is 5. The summed E-state index contributed by atoms with van der Waals surface area (Å²) >= 11 is 12.3. The molecule has 1 fully saturated rings. The zero-order chi connectivity index (χ0) is 18.5. The highest BCUT2D eigenvalue weighted by Gasteiger charge is 2.29. The van der Waals surface area contributed by atoms with Crippen molar-refractivity contribution in [3.63, 3.8) is 0 Å². The molecule has 1 saturated heterocycles. The molecule has 0 spiro atoms. The predicted molar refractivity (Wildman–Crippen MR) is 98.6 cm³/mol. The smallest absolute Gasteiger partial charge is 0.281 e. The molecule has 7 nitrogen and oxygen atoms in total. The molecule has 0 atom stereocenters. The van der Waals surface area contributed by atoms with Crippen LogP contribution in [0.3, 0.4) is 0 Å². The van der Waals surface area contributed by atoms with E-state index in [1.165, 1.54) is 16.4 Å². The van der Waals surface area contributed by atoms with Gasteiger partial charge in [-0.15, -0.1) is 0 Å². The Labute approximate surface area is 158 Å². The van der Waals surface area contributed by atoms with E-state index in [1.54, 1.807) is 22.7 Å². The summed E-state index contributed by atoms with van der Waals surface area (Å²) in [6, 6.07) is 5.96. The minimum Gasteiger partial charge on any atom is -0.379 e. The molecule has 3 aromatic rings. The van der Waals surface area contributed by atoms with Gasteiger partial charge in [0.05, 0.1) is 34.2 Å². The van der Waals surface area contributed by atoms with Gasteiger partial charge in [0.2, 0.25) is 10.0 Å². The summed E-state index contributed by atoms with van der Waals surface area (Å²) < 4.78 is 33.9. The van der Waals surface area contributed by atoms with E-state index in [0.29, 0.717) is 29.4 Å². The van der Waals surface area contributed by atoms with Gasteiger partial charge in [-0.2, -0.15) is 9.29 Å². The van der Waals surface area contributed by atoms with Crippen LogP contribution in [0.5, 0.6) is 0 Å². The van der Waals surface area contributed by atoms with Crippen molar-refractivity contribution in [1.29, 1.82) is 0 Å². The average molecular weight is 414 g/mol. The first kappa shape index (κ1) is 17.7. The Morgan fingerprint density at radius 1 is 1.12 bits per heavy atom. The largest absolute Gasteiger partial charge is 0.379 e. The minimum atomic E-state index is -3.84. The molecule has 1 aliphatic heterocycles. The Balaban J connectivity index is 1.98. The molecule has 2 aromatic heterocycles. The number of rotatable bonds is 2. The number of sulfonamides is 1. The molecule has 1 aliphatic rings. The number of morpholine rings is 1. The normalized spacial score (nSPS) is 16.4. The van der Waals surface area contributed by atoms with Crippen LogP contribution >= 0.6 is 23.2 Å². The van der Waals surface area contributed by atoms with Gasteiger partial charge in [0.25, 0.3) is 5.56 Å². The lowest BCUT2D eigenvalue weighted by Gasteiger charge is -2.26. The molecule has 0 saturated carbocycles. The van der Waals surface area contributed by atoms with Crippen molar-refractivity contribution >= 4 is 49.8 Å². The van der Waals surface area contributed by atoms with E-state index >= 15 is 0 Å². The molecule has 0 bridgehead atoms. The number of halogens is 2. The third-order valence-corrected chi connectivity index (χ3v) is 6.82. The second-order valence-electron chi connectivity index (χ2n) is 5.81. The van der Waals surface area contributed by atoms with Crippen molar-refractivity contribution in [1.82, 2.24) is 13.7 Å². The van der Waals surface area contributed by atoms with E-state index in [4.69, 9.17) is 27.9 Å². The monoisotopic (exact) mass is 413 g/mol. The lowest BCUT2D eigenvalue weighted by molar-refractivity contribution is 0.0730. The number of pyridine rings is 1. The van der Waals surface area contributed by atoms with Crippen LogP contribution in [0, 0.1) is 0 Å². The fourth-order valence-corrected chi connectivity index (χ4v) is 5.04. The molecule has 136 valence electrons. The van der Waals surface area contributed by atoms with Crippen molar-refractivity contribution in [3.05, 3.63) is 50.9 Å². The number of aromatic nitrogens is 2. The van der Waals surface area contributed by atoms with Crippen LogP contribution in [0.4, 0.5) is 0 Å². The highest BCUT2D eigenvalue weighted by molar-refractivity contribution is 7.89. The molecule has 0 N–H and O–H groups in total. The first-order valence-corrected chi connectivity index (χ1v) is 9.96. The zero-order valence-electron chi connectivity index (χ0n) is 13.4. The van der Waals surface area contributed by atoms with Crippen molar-refractivity contribution in [2.24, 2.45) is 0 Å². The topological polar surface area (TPSA) is 81.0 Å². The highest BCUT2D eigenvalue weighted by Crippen LogP contribution is 2.29. The minimum absolute atomic E-state index is 0.0309. The van der Waals surface area contributed by atoms with Gasteiger partial charge in [0.15, 0.2) is 0 Å². The first-order valence-electron chi connectivity index (χ1n) is 7.77. The number of nitrogens with zero attached hydrogens (tertiary/aromatic N) is 3. The molecule has 10 heteroatoms. The summed E-state index contributed by atoms with van der Waals surface area (Å²) in [5.74, 6) is 0. The third kappa shape index (κ3) is 2.87. The quantitative estimate of drug-likeness (QED) is 0.601. The van der Waals surface area contributed by atoms with E-state index in [9.17, 15) is 13.2 Å². The second kappa shape index (κ2) is 6.47. The SMILES string of the molecule is O=c1nc2ccc(Cl)cn2c2cc(Cl)c(S(=O)(=O)N3CCOCC3)cc12. The maximum atomic E-state index is 12.9. The lowest BCUT2D eigenvalue weighted by atomic mass is 10.2. The van der Waals surface area contributed by atoms with Crippen molar-refractivity contribution < 1.29 is 13.2 Å². The van der Waals surface area contributed by atoms with Gasteiger partial charge in [-0.05, 0) is 24.3 Å². The molecule has 0 amide bonds. The molecule has 0 unspecified atom stereocenters. The summed E-state index contributed by atoms with van der Waals surface area (Å²) in [7, 11) is -3.84. The molecule has 1 aromatic carbocycles. The predicted octanol–water partition coefficient (Wildman–Crippen LogP) is 2.18. The molecule has 0 radical (unpaired) electrons. The fourth-order valence-electron chi connectivity index (χ4n) is 2.95. The van der Waals surface area contributed by atoms with Crippen LogP contribution < -0.4 is 5.56 Å². The number of hydrogen-bond donors (Lipinski definition) is 0. The summed E-state index contributed by atoms with van der Waals surface area (Å²) in [6.45, 7) is 1.11. The zero-order valence-corrected chi connectivity index (χ0v) is 15.7. The number of fused-ring (bicyclic) bond motifs is 3. The Morgan fingerprint density at radius 3 is 2.58 bits per heavy atom. The Bertz CT molecular complexity index is 1190. The van der Waals surface area contributed by atoms with E-state index in [1.807, 2.05) is 0 Å². The van der Waals surface area contributed by atoms with Crippen LogP contribution in [0.15, 0.2) is 40.2 Å². The molecular weight excluding hydrogens is 401 g/mol. The van der Waals surface area contributed by atoms with Gasteiger partial charge in [0, 0.05) is 19.3 Å². The lowest BCUT2D eigenvalue weighted by Crippen LogP contribution is -2.40. The molecular formula is C16H13Cl2N3O4S. The van der Waals surface area contributed by atoms with Crippen LogP contribution in [0.25, 0.3) is 16.6 Å². The van der Waals surface area contributed by atoms with Gasteiger partial charge in [-0.25, -0.2) is 8.42 Å². The average Bonchev–Trinajstić information content (AvgIpc) is 2.63. The Hall–Kier alpha value is -1.71. The molecule has 0 aliphatic carbocycles. The van der Waals surface area contributed by atoms with Gasteiger partial charge in [0.1, 0.15) is 10.5 Å². The Kier molecular flexibility index (Phi) is 4.40. The van der Waals surface area contributed by atoms with E-state index < -0.39 is 15.6 Å². The first-order chi connectivity index (χ1) is 12.4. The van der Waals surface area contributed by atoms with Gasteiger partial charge < -0.3 is 4.74 Å². The van der Waals surface area contributed by atoms with Crippen molar-refractivity contribution in [3.8, 4) is 0 Å². The summed E-state index contributed by atoms with van der Waals surface area (Å²) in [6.07, 6.45) is 1.60. The summed E-state index contributed by atoms with van der Waals surface area (Å²) in [5.41, 5.74) is 0.303. The highest BCUT2D eigenvalue weighted by atomic mass is 35.5. The molecule has 3 heterocycles. The maximum Gasteiger partial charge on any atom is 0.281 e. The van der Waals surface area contributed by atoms with Gasteiger partial charge in [-0.1, -0.05) is 23.2 Å². The van der Waals surface area contributed by atoms with Crippen LogP contribution in [0.2, 0.25) is 10.0 Å². The Morgan fingerprint density at radius 2 is 1.85 bits per heavy atom. The summed E-state index contributed by atoms with van der Waals surface area (Å²) in [5, 5.41) is 0.634. The summed E-state index contributed by atoms with van der Waals surface area (Å²) in [4.78, 5) is 16.3. The molecule has 26 heavy (non-hydrogen) atoms. The maximum absolute atomic E-state index is 12.9. The van der Waals surface area contributed by atoms with Gasteiger partial charge in [-0.3, -0.25) is 9.20 Å². The van der Waals surface area contributed by atoms with E-state index in [0.717, 1.165) is 0 Å². The fraction of sp³-hybridized carbons (Fsp3) is 0.250.